The van der Waals surface area contributed by atoms with Crippen LogP contribution in [0, 0.1) is 0 Å². The Bertz CT molecular complexity index is 299. The minimum atomic E-state index is 0.139. The van der Waals surface area contributed by atoms with E-state index in [0.717, 1.165) is 6.42 Å². The van der Waals surface area contributed by atoms with Gasteiger partial charge in [0, 0.05) is 6.07 Å². The van der Waals surface area contributed by atoms with E-state index in [1.165, 1.54) is 11.8 Å². The van der Waals surface area contributed by atoms with Gasteiger partial charge in [-0.25, -0.2) is 10.8 Å². The van der Waals surface area contributed by atoms with E-state index in [9.17, 15) is 0 Å². The molecule has 1 unspecified atom stereocenters. The number of hydrazine groups is 1. The van der Waals surface area contributed by atoms with Gasteiger partial charge in [0.15, 0.2) is 5.16 Å². The first kappa shape index (κ1) is 12.1. The van der Waals surface area contributed by atoms with Gasteiger partial charge in [0.2, 0.25) is 5.88 Å². The minimum absolute atomic E-state index is 0.139. The summed E-state index contributed by atoms with van der Waals surface area (Å²) in [6.07, 6.45) is 2.98. The van der Waals surface area contributed by atoms with Gasteiger partial charge in [0.25, 0.3) is 0 Å². The number of hydrogen-bond acceptors (Lipinski definition) is 6. The maximum atomic E-state index is 5.59. The van der Waals surface area contributed by atoms with E-state index < -0.39 is 0 Å². The highest BCUT2D eigenvalue weighted by molar-refractivity contribution is 7.98. The van der Waals surface area contributed by atoms with Crippen molar-refractivity contribution in [1.82, 2.24) is 9.97 Å². The van der Waals surface area contributed by atoms with Crippen molar-refractivity contribution in [1.29, 1.82) is 0 Å². The molecule has 1 aromatic heterocycles. The monoisotopic (exact) mass is 228 g/mol. The lowest BCUT2D eigenvalue weighted by atomic mass is 10.3. The molecule has 0 aliphatic carbocycles. The molecule has 0 aliphatic heterocycles. The van der Waals surface area contributed by atoms with Gasteiger partial charge in [-0.2, -0.15) is 4.98 Å². The summed E-state index contributed by atoms with van der Waals surface area (Å²) < 4.78 is 5.59. The Hall–Kier alpha value is -1.01. The zero-order valence-electron chi connectivity index (χ0n) is 9.15. The van der Waals surface area contributed by atoms with Crippen LogP contribution in [0.5, 0.6) is 5.88 Å². The first-order valence-corrected chi connectivity index (χ1v) is 5.98. The number of thioether (sulfide) groups is 1. The Labute approximate surface area is 93.8 Å². The molecule has 0 bridgehead atoms. The predicted molar refractivity (Wildman–Crippen MR) is 62.0 cm³/mol. The lowest BCUT2D eigenvalue weighted by Crippen LogP contribution is -2.13. The van der Waals surface area contributed by atoms with Crippen molar-refractivity contribution >= 4 is 17.6 Å². The van der Waals surface area contributed by atoms with Gasteiger partial charge in [0.05, 0.1) is 6.10 Å². The van der Waals surface area contributed by atoms with Crippen LogP contribution in [-0.2, 0) is 0 Å². The van der Waals surface area contributed by atoms with Gasteiger partial charge in [-0.05, 0) is 19.6 Å². The highest BCUT2D eigenvalue weighted by Gasteiger charge is 2.06. The third kappa shape index (κ3) is 3.56. The Morgan fingerprint density at radius 1 is 1.60 bits per heavy atom. The van der Waals surface area contributed by atoms with Gasteiger partial charge in [0.1, 0.15) is 5.82 Å². The summed E-state index contributed by atoms with van der Waals surface area (Å²) in [6, 6.07) is 1.69. The molecule has 6 heteroatoms. The highest BCUT2D eigenvalue weighted by atomic mass is 32.2. The van der Waals surface area contributed by atoms with Crippen molar-refractivity contribution in [2.75, 3.05) is 11.7 Å². The average molecular weight is 228 g/mol. The molecular formula is C9H16N4OS. The summed E-state index contributed by atoms with van der Waals surface area (Å²) in [5.41, 5.74) is 2.49. The number of aromatic nitrogens is 2. The van der Waals surface area contributed by atoms with Crippen molar-refractivity contribution in [2.45, 2.75) is 31.5 Å². The van der Waals surface area contributed by atoms with Crippen molar-refractivity contribution in [2.24, 2.45) is 5.84 Å². The Balaban J connectivity index is 2.86. The van der Waals surface area contributed by atoms with Crippen LogP contribution < -0.4 is 16.0 Å². The molecule has 0 fully saturated rings. The van der Waals surface area contributed by atoms with E-state index in [0.29, 0.717) is 16.9 Å². The summed E-state index contributed by atoms with van der Waals surface area (Å²) in [5, 5.41) is 0.642. The van der Waals surface area contributed by atoms with E-state index in [1.54, 1.807) is 6.07 Å². The van der Waals surface area contributed by atoms with Crippen molar-refractivity contribution in [3.05, 3.63) is 6.07 Å². The number of nitrogens with two attached hydrogens (primary N) is 1. The zero-order valence-corrected chi connectivity index (χ0v) is 9.97. The van der Waals surface area contributed by atoms with E-state index in [2.05, 4.69) is 22.3 Å². The van der Waals surface area contributed by atoms with Crippen LogP contribution in [0.25, 0.3) is 0 Å². The Morgan fingerprint density at radius 2 is 2.33 bits per heavy atom. The third-order valence-corrected chi connectivity index (χ3v) is 2.46. The number of hydrogen-bond donors (Lipinski definition) is 2. The fourth-order valence-corrected chi connectivity index (χ4v) is 1.29. The van der Waals surface area contributed by atoms with Crippen LogP contribution in [0.3, 0.4) is 0 Å². The van der Waals surface area contributed by atoms with Crippen LogP contribution in [0.1, 0.15) is 20.3 Å². The molecule has 0 radical (unpaired) electrons. The van der Waals surface area contributed by atoms with E-state index >= 15 is 0 Å². The SMILES string of the molecule is CCC(C)Oc1cc(NN)nc(SC)n1. The topological polar surface area (TPSA) is 73.1 Å². The molecule has 84 valence electrons. The lowest BCUT2D eigenvalue weighted by Gasteiger charge is -2.12. The number of nitrogen functional groups attached to an aromatic ring is 1. The molecular weight excluding hydrogens is 212 g/mol. The number of rotatable bonds is 5. The largest absolute Gasteiger partial charge is 0.475 e. The summed E-state index contributed by atoms with van der Waals surface area (Å²) >= 11 is 1.45. The van der Waals surface area contributed by atoms with Crippen LogP contribution in [-0.4, -0.2) is 22.3 Å². The standard InChI is InChI=1S/C9H16N4OS/c1-4-6(2)14-8-5-7(13-10)11-9(12-8)15-3/h5-6H,4,10H2,1-3H3,(H,11,12,13). The fourth-order valence-electron chi connectivity index (χ4n) is 0.919. The average Bonchev–Trinajstić information content (AvgIpc) is 2.28. The zero-order chi connectivity index (χ0) is 11.3. The van der Waals surface area contributed by atoms with Gasteiger partial charge in [-0.3, -0.25) is 0 Å². The molecule has 0 aliphatic rings. The highest BCUT2D eigenvalue weighted by Crippen LogP contribution is 2.19. The van der Waals surface area contributed by atoms with Gasteiger partial charge < -0.3 is 10.2 Å². The lowest BCUT2D eigenvalue weighted by molar-refractivity contribution is 0.207. The molecule has 15 heavy (non-hydrogen) atoms. The molecule has 0 aromatic carbocycles. The van der Waals surface area contributed by atoms with E-state index in [1.807, 2.05) is 13.2 Å². The number of anilines is 1. The van der Waals surface area contributed by atoms with Crippen LogP contribution in [0.15, 0.2) is 11.2 Å². The second-order valence-corrected chi connectivity index (χ2v) is 3.83. The van der Waals surface area contributed by atoms with E-state index in [4.69, 9.17) is 10.6 Å². The molecule has 5 nitrogen and oxygen atoms in total. The summed E-state index contributed by atoms with van der Waals surface area (Å²) in [6.45, 7) is 4.06. The van der Waals surface area contributed by atoms with E-state index in [-0.39, 0.29) is 6.10 Å². The second kappa shape index (κ2) is 5.77. The van der Waals surface area contributed by atoms with Crippen molar-refractivity contribution in [3.63, 3.8) is 0 Å². The molecule has 3 N–H and O–H groups in total. The molecule has 0 amide bonds. The summed E-state index contributed by atoms with van der Waals surface area (Å²) in [5.74, 6) is 6.42. The first-order chi connectivity index (χ1) is 7.19. The quantitative estimate of drug-likeness (QED) is 0.345. The number of ether oxygens (including phenoxy) is 1. The molecule has 1 atom stereocenters. The minimum Gasteiger partial charge on any atom is -0.475 e. The fraction of sp³-hybridized carbons (Fsp3) is 0.556. The maximum absolute atomic E-state index is 5.59. The molecule has 0 saturated carbocycles. The van der Waals surface area contributed by atoms with Gasteiger partial charge in [-0.15, -0.1) is 0 Å². The molecule has 1 heterocycles. The van der Waals surface area contributed by atoms with Crippen molar-refractivity contribution in [3.8, 4) is 5.88 Å². The van der Waals surface area contributed by atoms with Gasteiger partial charge in [-0.1, -0.05) is 18.7 Å². The predicted octanol–water partition coefficient (Wildman–Crippen LogP) is 1.66. The number of nitrogens with one attached hydrogen (secondary N) is 1. The molecule has 1 rings (SSSR count). The smallest absolute Gasteiger partial charge is 0.219 e. The van der Waals surface area contributed by atoms with Crippen molar-refractivity contribution < 1.29 is 4.74 Å². The second-order valence-electron chi connectivity index (χ2n) is 3.06. The third-order valence-electron chi connectivity index (χ3n) is 1.91. The maximum Gasteiger partial charge on any atom is 0.219 e. The molecule has 1 aromatic rings. The first-order valence-electron chi connectivity index (χ1n) is 4.76. The Kier molecular flexibility index (Phi) is 4.64. The van der Waals surface area contributed by atoms with Crippen LogP contribution in [0.2, 0.25) is 0 Å². The van der Waals surface area contributed by atoms with Crippen LogP contribution in [0.4, 0.5) is 5.82 Å². The molecule has 0 spiro atoms. The Morgan fingerprint density at radius 3 is 2.87 bits per heavy atom. The summed E-state index contributed by atoms with van der Waals surface area (Å²) in [4.78, 5) is 8.36. The normalized spacial score (nSPS) is 12.3. The van der Waals surface area contributed by atoms with Crippen LogP contribution >= 0.6 is 11.8 Å². The van der Waals surface area contributed by atoms with Gasteiger partial charge >= 0.3 is 0 Å². The molecule has 0 saturated heterocycles. The number of nitrogens with zero attached hydrogens (tertiary/aromatic N) is 2. The summed E-state index contributed by atoms with van der Waals surface area (Å²) in [7, 11) is 0.